The van der Waals surface area contributed by atoms with Crippen molar-refractivity contribution in [2.45, 2.75) is 13.8 Å². The van der Waals surface area contributed by atoms with E-state index in [2.05, 4.69) is 42.2 Å². The molecule has 0 saturated carbocycles. The number of hydrogen-bond acceptors (Lipinski definition) is 4. The monoisotopic (exact) mass is 434 g/mol. The molecule has 0 bridgehead atoms. The van der Waals surface area contributed by atoms with Crippen LogP contribution in [0, 0.1) is 6.92 Å². The van der Waals surface area contributed by atoms with Crippen molar-refractivity contribution in [2.24, 2.45) is 0 Å². The van der Waals surface area contributed by atoms with Gasteiger partial charge in [-0.2, -0.15) is 0 Å². The molecular formula is C13H12Br2N2O3S. The summed E-state index contributed by atoms with van der Waals surface area (Å²) in [4.78, 5) is 27.6. The fourth-order valence-electron chi connectivity index (χ4n) is 1.73. The maximum Gasteiger partial charge on any atom is 0.342 e. The van der Waals surface area contributed by atoms with Gasteiger partial charge in [-0.15, -0.1) is 11.3 Å². The van der Waals surface area contributed by atoms with Crippen LogP contribution in [-0.4, -0.2) is 23.5 Å². The van der Waals surface area contributed by atoms with Crippen molar-refractivity contribution < 1.29 is 14.3 Å². The van der Waals surface area contributed by atoms with Crippen LogP contribution in [-0.2, 0) is 4.74 Å². The number of thiophene rings is 1. The molecule has 0 radical (unpaired) electrons. The molecule has 0 atom stereocenters. The summed E-state index contributed by atoms with van der Waals surface area (Å²) in [5, 5.41) is 2.73. The van der Waals surface area contributed by atoms with E-state index >= 15 is 0 Å². The molecule has 2 aromatic rings. The van der Waals surface area contributed by atoms with Gasteiger partial charge in [0.05, 0.1) is 21.0 Å². The lowest BCUT2D eigenvalue weighted by molar-refractivity contribution is 0.0527. The molecule has 2 rings (SSSR count). The van der Waals surface area contributed by atoms with E-state index < -0.39 is 5.97 Å². The topological polar surface area (TPSA) is 71.2 Å². The molecular weight excluding hydrogens is 424 g/mol. The van der Waals surface area contributed by atoms with Crippen LogP contribution in [0.5, 0.6) is 0 Å². The predicted molar refractivity (Wildman–Crippen MR) is 89.2 cm³/mol. The third kappa shape index (κ3) is 3.56. The van der Waals surface area contributed by atoms with Gasteiger partial charge in [0.2, 0.25) is 0 Å². The molecule has 21 heavy (non-hydrogen) atoms. The molecule has 0 aromatic carbocycles. The van der Waals surface area contributed by atoms with E-state index in [-0.39, 0.29) is 12.5 Å². The number of carbonyl (C=O) groups excluding carboxylic acids is 2. The fourth-order valence-corrected chi connectivity index (χ4v) is 3.66. The van der Waals surface area contributed by atoms with Crippen LogP contribution in [0.2, 0.25) is 0 Å². The number of ether oxygens (including phenoxy) is 1. The van der Waals surface area contributed by atoms with Crippen LogP contribution >= 0.6 is 43.2 Å². The number of halogens is 2. The first kappa shape index (κ1) is 16.3. The number of hydrogen-bond donors (Lipinski definition) is 2. The Kier molecular flexibility index (Phi) is 5.23. The predicted octanol–water partition coefficient (Wildman–Crippen LogP) is 4.34. The van der Waals surface area contributed by atoms with Crippen LogP contribution in [0.15, 0.2) is 20.5 Å². The van der Waals surface area contributed by atoms with Crippen molar-refractivity contribution in [1.29, 1.82) is 0 Å². The average Bonchev–Trinajstić information content (AvgIpc) is 2.94. The number of amides is 1. The Bertz CT molecular complexity index is 674. The van der Waals surface area contributed by atoms with Crippen LogP contribution in [0.3, 0.4) is 0 Å². The van der Waals surface area contributed by atoms with E-state index in [4.69, 9.17) is 4.74 Å². The minimum atomic E-state index is -0.458. The highest BCUT2D eigenvalue weighted by molar-refractivity contribution is 9.13. The number of carbonyl (C=O) groups is 2. The van der Waals surface area contributed by atoms with E-state index in [0.717, 1.165) is 8.26 Å². The molecule has 5 nitrogen and oxygen atoms in total. The van der Waals surface area contributed by atoms with Gasteiger partial charge in [-0.3, -0.25) is 4.79 Å². The van der Waals surface area contributed by atoms with Gasteiger partial charge in [0.1, 0.15) is 5.56 Å². The largest absolute Gasteiger partial charge is 0.462 e. The van der Waals surface area contributed by atoms with E-state index in [1.165, 1.54) is 11.3 Å². The number of esters is 1. The zero-order chi connectivity index (χ0) is 15.6. The number of anilines is 1. The van der Waals surface area contributed by atoms with E-state index in [9.17, 15) is 9.59 Å². The molecule has 0 aliphatic heterocycles. The first-order valence-electron chi connectivity index (χ1n) is 6.05. The fraction of sp³-hybridized carbons (Fsp3) is 0.231. The maximum absolute atomic E-state index is 12.2. The Morgan fingerprint density at radius 1 is 1.43 bits per heavy atom. The first-order chi connectivity index (χ1) is 9.93. The first-order valence-corrected chi connectivity index (χ1v) is 8.45. The van der Waals surface area contributed by atoms with Crippen molar-refractivity contribution >= 4 is 60.8 Å². The van der Waals surface area contributed by atoms with Gasteiger partial charge in [-0.05, 0) is 51.8 Å². The lowest BCUT2D eigenvalue weighted by atomic mass is 10.2. The zero-order valence-electron chi connectivity index (χ0n) is 11.3. The molecule has 0 fully saturated rings. The molecule has 0 unspecified atom stereocenters. The van der Waals surface area contributed by atoms with Crippen LogP contribution in [0.4, 0.5) is 5.69 Å². The molecule has 0 saturated heterocycles. The number of rotatable bonds is 4. The maximum atomic E-state index is 12.2. The van der Waals surface area contributed by atoms with Crippen molar-refractivity contribution in [3.05, 3.63) is 36.7 Å². The molecule has 112 valence electrons. The molecule has 0 spiro atoms. The summed E-state index contributed by atoms with van der Waals surface area (Å²) in [6, 6.07) is 1.72. The van der Waals surface area contributed by atoms with Gasteiger partial charge in [-0.25, -0.2) is 4.79 Å². The standard InChI is InChI=1S/C13H12Br2N2O3S/c1-3-20-13(19)10-6(2)16-5-8(10)17-12(18)9-4-7(14)11(15)21-9/h4-5,16H,3H2,1-2H3,(H,17,18). The van der Waals surface area contributed by atoms with Gasteiger partial charge in [-0.1, -0.05) is 0 Å². The van der Waals surface area contributed by atoms with Crippen LogP contribution in [0.25, 0.3) is 0 Å². The number of aryl methyl sites for hydroxylation is 1. The smallest absolute Gasteiger partial charge is 0.342 e. The number of aromatic amines is 1. The molecule has 0 aliphatic carbocycles. The normalized spacial score (nSPS) is 10.5. The van der Waals surface area contributed by atoms with Crippen LogP contribution in [0.1, 0.15) is 32.6 Å². The lowest BCUT2D eigenvalue weighted by Crippen LogP contribution is -2.14. The lowest BCUT2D eigenvalue weighted by Gasteiger charge is -2.06. The summed E-state index contributed by atoms with van der Waals surface area (Å²) in [5.74, 6) is -0.740. The highest BCUT2D eigenvalue weighted by Gasteiger charge is 2.20. The summed E-state index contributed by atoms with van der Waals surface area (Å²) in [6.07, 6.45) is 1.58. The van der Waals surface area contributed by atoms with Crippen molar-refractivity contribution in [3.63, 3.8) is 0 Å². The third-order valence-electron chi connectivity index (χ3n) is 2.67. The Hall–Kier alpha value is -1.12. The quantitative estimate of drug-likeness (QED) is 0.701. The molecule has 0 aliphatic rings. The SMILES string of the molecule is CCOC(=O)c1c(NC(=O)c2cc(Br)c(Br)s2)c[nH]c1C. The Labute approximate surface area is 142 Å². The third-order valence-corrected chi connectivity index (χ3v) is 5.93. The Morgan fingerprint density at radius 3 is 2.71 bits per heavy atom. The second-order valence-corrected chi connectivity index (χ2v) is 7.33. The van der Waals surface area contributed by atoms with E-state index in [0.29, 0.717) is 21.8 Å². The number of nitrogens with one attached hydrogen (secondary N) is 2. The van der Waals surface area contributed by atoms with Crippen LogP contribution < -0.4 is 5.32 Å². The second-order valence-electron chi connectivity index (χ2n) is 4.11. The van der Waals surface area contributed by atoms with E-state index in [1.807, 2.05) is 0 Å². The molecule has 2 N–H and O–H groups in total. The molecule has 2 aromatic heterocycles. The summed E-state index contributed by atoms with van der Waals surface area (Å²) < 4.78 is 6.65. The minimum Gasteiger partial charge on any atom is -0.462 e. The Balaban J connectivity index is 2.24. The summed E-state index contributed by atoms with van der Waals surface area (Å²) in [6.45, 7) is 3.76. The highest BCUT2D eigenvalue weighted by atomic mass is 79.9. The van der Waals surface area contributed by atoms with Gasteiger partial charge in [0.15, 0.2) is 0 Å². The minimum absolute atomic E-state index is 0.279. The number of H-pyrrole nitrogens is 1. The van der Waals surface area contributed by atoms with Crippen molar-refractivity contribution in [1.82, 2.24) is 4.98 Å². The summed E-state index contributed by atoms with van der Waals surface area (Å²) >= 11 is 7.98. The van der Waals surface area contributed by atoms with E-state index in [1.54, 1.807) is 26.1 Å². The second kappa shape index (κ2) is 6.76. The van der Waals surface area contributed by atoms with Gasteiger partial charge >= 0.3 is 5.97 Å². The summed E-state index contributed by atoms with van der Waals surface area (Å²) in [7, 11) is 0. The number of aromatic nitrogens is 1. The summed E-state index contributed by atoms with van der Waals surface area (Å²) in [5.41, 5.74) is 1.41. The van der Waals surface area contributed by atoms with Gasteiger partial charge < -0.3 is 15.0 Å². The zero-order valence-corrected chi connectivity index (χ0v) is 15.2. The van der Waals surface area contributed by atoms with Crippen molar-refractivity contribution in [2.75, 3.05) is 11.9 Å². The van der Waals surface area contributed by atoms with Gasteiger partial charge in [0.25, 0.3) is 5.91 Å². The molecule has 1 amide bonds. The highest BCUT2D eigenvalue weighted by Crippen LogP contribution is 2.33. The Morgan fingerprint density at radius 2 is 2.14 bits per heavy atom. The molecule has 2 heterocycles. The van der Waals surface area contributed by atoms with Gasteiger partial charge in [0, 0.05) is 16.4 Å². The molecule has 8 heteroatoms. The van der Waals surface area contributed by atoms with Crippen molar-refractivity contribution in [3.8, 4) is 0 Å². The average molecular weight is 436 g/mol.